The number of hydrogen-bond donors (Lipinski definition) is 1. The summed E-state index contributed by atoms with van der Waals surface area (Å²) in [5, 5.41) is 3.44. The second-order valence-electron chi connectivity index (χ2n) is 4.67. The van der Waals surface area contributed by atoms with E-state index in [-0.39, 0.29) is 0 Å². The van der Waals surface area contributed by atoms with Crippen molar-refractivity contribution in [1.29, 1.82) is 0 Å². The number of aryl methyl sites for hydroxylation is 1. The average molecular weight is 267 g/mol. The van der Waals surface area contributed by atoms with Crippen molar-refractivity contribution in [3.63, 3.8) is 0 Å². The first kappa shape index (κ1) is 12.7. The third kappa shape index (κ3) is 3.00. The van der Waals surface area contributed by atoms with Crippen LogP contribution in [-0.4, -0.2) is 26.1 Å². The van der Waals surface area contributed by atoms with Gasteiger partial charge in [-0.3, -0.25) is 4.98 Å². The first-order valence-corrected chi connectivity index (χ1v) is 6.79. The van der Waals surface area contributed by atoms with E-state index >= 15 is 0 Å². The van der Waals surface area contributed by atoms with Crippen molar-refractivity contribution in [3.05, 3.63) is 54.7 Å². The number of nitrogens with zero attached hydrogens (tertiary/aromatic N) is 4. The highest BCUT2D eigenvalue weighted by Gasteiger charge is 2.01. The predicted octanol–water partition coefficient (Wildman–Crippen LogP) is 2.01. The number of imidazole rings is 1. The minimum Gasteiger partial charge on any atom is -0.329 e. The number of fused-ring (bicyclic) bond motifs is 1. The van der Waals surface area contributed by atoms with E-state index in [0.717, 1.165) is 37.2 Å². The summed E-state index contributed by atoms with van der Waals surface area (Å²) in [5.41, 5.74) is 3.18. The monoisotopic (exact) mass is 267 g/mol. The minimum atomic E-state index is 0.817. The van der Waals surface area contributed by atoms with Crippen molar-refractivity contribution < 1.29 is 0 Å². The zero-order chi connectivity index (χ0) is 13.6. The Morgan fingerprint density at radius 2 is 1.95 bits per heavy atom. The summed E-state index contributed by atoms with van der Waals surface area (Å²) in [6.07, 6.45) is 8.34. The van der Waals surface area contributed by atoms with Crippen LogP contribution >= 0.6 is 0 Å². The lowest BCUT2D eigenvalue weighted by Crippen LogP contribution is -2.16. The fraction of sp³-hybridized carbons (Fsp3) is 0.267. The van der Waals surface area contributed by atoms with E-state index in [2.05, 4.69) is 30.9 Å². The molecule has 0 saturated carbocycles. The zero-order valence-electron chi connectivity index (χ0n) is 11.2. The molecule has 0 radical (unpaired) electrons. The van der Waals surface area contributed by atoms with E-state index < -0.39 is 0 Å². The molecule has 0 bridgehead atoms. The van der Waals surface area contributed by atoms with E-state index in [9.17, 15) is 0 Å². The number of pyridine rings is 2. The van der Waals surface area contributed by atoms with Gasteiger partial charge in [-0.1, -0.05) is 0 Å². The SMILES string of the molecule is c1cnc2ncn(CCCNCc3ccncc3)c2c1. The van der Waals surface area contributed by atoms with Gasteiger partial charge < -0.3 is 9.88 Å². The van der Waals surface area contributed by atoms with Gasteiger partial charge >= 0.3 is 0 Å². The van der Waals surface area contributed by atoms with Gasteiger partial charge in [0.2, 0.25) is 0 Å². The van der Waals surface area contributed by atoms with Crippen LogP contribution in [0.25, 0.3) is 11.2 Å². The Hall–Kier alpha value is -2.27. The second-order valence-corrected chi connectivity index (χ2v) is 4.67. The third-order valence-electron chi connectivity index (χ3n) is 3.23. The molecule has 0 atom stereocenters. The molecule has 3 rings (SSSR count). The Morgan fingerprint density at radius 1 is 1.05 bits per heavy atom. The van der Waals surface area contributed by atoms with E-state index in [1.807, 2.05) is 36.9 Å². The molecule has 3 heterocycles. The summed E-state index contributed by atoms with van der Waals surface area (Å²) in [6.45, 7) is 2.81. The largest absolute Gasteiger partial charge is 0.329 e. The highest BCUT2D eigenvalue weighted by atomic mass is 15.1. The molecule has 0 unspecified atom stereocenters. The minimum absolute atomic E-state index is 0.817. The molecular weight excluding hydrogens is 250 g/mol. The molecule has 0 spiro atoms. The lowest BCUT2D eigenvalue weighted by atomic mass is 10.2. The van der Waals surface area contributed by atoms with Crippen molar-refractivity contribution in [1.82, 2.24) is 24.8 Å². The van der Waals surface area contributed by atoms with Gasteiger partial charge in [-0.15, -0.1) is 0 Å². The standard InChI is InChI=1S/C15H17N5/c1-3-14-15(18-7-1)19-12-20(14)10-2-6-17-11-13-4-8-16-9-5-13/h1,3-5,7-9,12,17H,2,6,10-11H2. The Balaban J connectivity index is 1.46. The highest BCUT2D eigenvalue weighted by Crippen LogP contribution is 2.09. The number of aromatic nitrogens is 4. The summed E-state index contributed by atoms with van der Waals surface area (Å²) in [4.78, 5) is 12.5. The molecule has 102 valence electrons. The van der Waals surface area contributed by atoms with Gasteiger partial charge in [-0.05, 0) is 42.8 Å². The van der Waals surface area contributed by atoms with Crippen LogP contribution in [0, 0.1) is 0 Å². The lowest BCUT2D eigenvalue weighted by molar-refractivity contribution is 0.588. The van der Waals surface area contributed by atoms with Gasteiger partial charge in [0.25, 0.3) is 0 Å². The summed E-state index contributed by atoms with van der Waals surface area (Å²) < 4.78 is 2.15. The van der Waals surface area contributed by atoms with Gasteiger partial charge in [0.05, 0.1) is 11.8 Å². The van der Waals surface area contributed by atoms with Crippen molar-refractivity contribution in [2.45, 2.75) is 19.5 Å². The summed E-state index contributed by atoms with van der Waals surface area (Å²) in [5.74, 6) is 0. The fourth-order valence-corrected chi connectivity index (χ4v) is 2.18. The summed E-state index contributed by atoms with van der Waals surface area (Å²) >= 11 is 0. The molecule has 0 aliphatic heterocycles. The van der Waals surface area contributed by atoms with Crippen LogP contribution in [0.1, 0.15) is 12.0 Å². The maximum absolute atomic E-state index is 4.29. The molecule has 0 saturated heterocycles. The van der Waals surface area contributed by atoms with Crippen LogP contribution in [0.3, 0.4) is 0 Å². The Labute approximate surface area is 117 Å². The lowest BCUT2D eigenvalue weighted by Gasteiger charge is -2.06. The molecule has 5 heteroatoms. The topological polar surface area (TPSA) is 55.6 Å². The van der Waals surface area contributed by atoms with Crippen molar-refractivity contribution >= 4 is 11.2 Å². The average Bonchev–Trinajstić information content (AvgIpc) is 2.91. The zero-order valence-corrected chi connectivity index (χ0v) is 11.2. The Bertz CT molecular complexity index is 662. The number of rotatable bonds is 6. The van der Waals surface area contributed by atoms with E-state index in [1.165, 1.54) is 5.56 Å². The highest BCUT2D eigenvalue weighted by molar-refractivity contribution is 5.70. The molecule has 0 aromatic carbocycles. The molecule has 1 N–H and O–H groups in total. The van der Waals surface area contributed by atoms with Gasteiger partial charge in [0.15, 0.2) is 5.65 Å². The van der Waals surface area contributed by atoms with Crippen LogP contribution in [0.5, 0.6) is 0 Å². The quantitative estimate of drug-likeness (QED) is 0.694. The van der Waals surface area contributed by atoms with E-state index in [0.29, 0.717) is 0 Å². The van der Waals surface area contributed by atoms with E-state index in [4.69, 9.17) is 0 Å². The Kier molecular flexibility index (Phi) is 3.99. The summed E-state index contributed by atoms with van der Waals surface area (Å²) in [7, 11) is 0. The van der Waals surface area contributed by atoms with Crippen molar-refractivity contribution in [3.8, 4) is 0 Å². The van der Waals surface area contributed by atoms with Crippen molar-refractivity contribution in [2.24, 2.45) is 0 Å². The van der Waals surface area contributed by atoms with Crippen LogP contribution in [0.4, 0.5) is 0 Å². The fourth-order valence-electron chi connectivity index (χ4n) is 2.18. The second kappa shape index (κ2) is 6.25. The third-order valence-corrected chi connectivity index (χ3v) is 3.23. The number of hydrogen-bond acceptors (Lipinski definition) is 4. The van der Waals surface area contributed by atoms with Crippen molar-refractivity contribution in [2.75, 3.05) is 6.54 Å². The van der Waals surface area contributed by atoms with Crippen LogP contribution in [-0.2, 0) is 13.1 Å². The van der Waals surface area contributed by atoms with Gasteiger partial charge in [0, 0.05) is 31.7 Å². The van der Waals surface area contributed by atoms with Gasteiger partial charge in [-0.25, -0.2) is 9.97 Å². The van der Waals surface area contributed by atoms with Crippen LogP contribution in [0.2, 0.25) is 0 Å². The first-order valence-electron chi connectivity index (χ1n) is 6.79. The van der Waals surface area contributed by atoms with Gasteiger partial charge in [0.1, 0.15) is 0 Å². The molecule has 3 aromatic rings. The molecule has 3 aromatic heterocycles. The smallest absolute Gasteiger partial charge is 0.177 e. The van der Waals surface area contributed by atoms with Crippen LogP contribution < -0.4 is 5.32 Å². The molecule has 5 nitrogen and oxygen atoms in total. The molecule has 20 heavy (non-hydrogen) atoms. The van der Waals surface area contributed by atoms with E-state index in [1.54, 1.807) is 6.20 Å². The maximum atomic E-state index is 4.29. The first-order chi connectivity index (χ1) is 9.93. The number of nitrogens with one attached hydrogen (secondary N) is 1. The molecular formula is C15H17N5. The summed E-state index contributed by atoms with van der Waals surface area (Å²) in [6, 6.07) is 8.06. The maximum Gasteiger partial charge on any atom is 0.177 e. The molecule has 0 fully saturated rings. The molecule has 0 aliphatic rings. The normalized spacial score (nSPS) is 11.0. The Morgan fingerprint density at radius 3 is 2.85 bits per heavy atom. The van der Waals surface area contributed by atoms with Crippen LogP contribution in [0.15, 0.2) is 49.2 Å². The predicted molar refractivity (Wildman–Crippen MR) is 78.1 cm³/mol. The van der Waals surface area contributed by atoms with Gasteiger partial charge in [-0.2, -0.15) is 0 Å². The molecule has 0 aliphatic carbocycles. The molecule has 0 amide bonds.